The lowest BCUT2D eigenvalue weighted by atomic mass is 9.60. The quantitative estimate of drug-likeness (QED) is 0.555. The molecule has 0 spiro atoms. The van der Waals surface area contributed by atoms with Crippen molar-refractivity contribution < 1.29 is 9.90 Å². The smallest absolute Gasteiger partial charge is 0.300 e. The molecule has 0 aromatic heterocycles. The highest BCUT2D eigenvalue weighted by Gasteiger charge is 2.33. The SMILES string of the molecule is [B]C1(C(=O)O)CCCCC1. The zero-order chi connectivity index (χ0) is 7.61. The molecule has 1 rings (SSSR count). The van der Waals surface area contributed by atoms with Gasteiger partial charge in [0.2, 0.25) is 0 Å². The van der Waals surface area contributed by atoms with Crippen molar-refractivity contribution in [2.24, 2.45) is 0 Å². The molecule has 0 saturated heterocycles. The molecular weight excluding hydrogens is 127 g/mol. The topological polar surface area (TPSA) is 37.3 Å². The molecule has 0 aliphatic heterocycles. The van der Waals surface area contributed by atoms with E-state index in [2.05, 4.69) is 0 Å². The number of carboxylic acid groups (broad SMARTS) is 1. The number of hydrogen-bond donors (Lipinski definition) is 1. The van der Waals surface area contributed by atoms with Gasteiger partial charge >= 0.3 is 5.97 Å². The van der Waals surface area contributed by atoms with Crippen molar-refractivity contribution in [3.63, 3.8) is 0 Å². The fraction of sp³-hybridized carbons (Fsp3) is 0.857. The molecule has 0 heterocycles. The van der Waals surface area contributed by atoms with Crippen LogP contribution in [0.5, 0.6) is 0 Å². The summed E-state index contributed by atoms with van der Waals surface area (Å²) in [6.45, 7) is 0. The molecule has 0 aromatic carbocycles. The van der Waals surface area contributed by atoms with Crippen LogP contribution in [0.25, 0.3) is 0 Å². The predicted molar refractivity (Wildman–Crippen MR) is 39.2 cm³/mol. The third-order valence-electron chi connectivity index (χ3n) is 2.17. The highest BCUT2D eigenvalue weighted by atomic mass is 16.4. The van der Waals surface area contributed by atoms with E-state index >= 15 is 0 Å². The van der Waals surface area contributed by atoms with Gasteiger partial charge in [0.25, 0.3) is 0 Å². The second-order valence-electron chi connectivity index (χ2n) is 3.02. The van der Waals surface area contributed by atoms with Gasteiger partial charge in [-0.15, -0.1) is 0 Å². The molecule has 10 heavy (non-hydrogen) atoms. The molecule has 0 unspecified atom stereocenters. The third-order valence-corrected chi connectivity index (χ3v) is 2.17. The van der Waals surface area contributed by atoms with Gasteiger partial charge in [-0.3, -0.25) is 4.79 Å². The lowest BCUT2D eigenvalue weighted by Gasteiger charge is -2.29. The van der Waals surface area contributed by atoms with Gasteiger partial charge in [-0.1, -0.05) is 19.3 Å². The zero-order valence-corrected chi connectivity index (χ0v) is 5.97. The first-order valence-electron chi connectivity index (χ1n) is 3.67. The Hall–Kier alpha value is -0.465. The van der Waals surface area contributed by atoms with Crippen molar-refractivity contribution in [2.45, 2.75) is 37.4 Å². The average Bonchev–Trinajstić information content (AvgIpc) is 1.89. The summed E-state index contributed by atoms with van der Waals surface area (Å²) in [5.74, 6) is -0.841. The van der Waals surface area contributed by atoms with Gasteiger partial charge in [0.1, 0.15) is 0 Å². The number of rotatable bonds is 1. The van der Waals surface area contributed by atoms with Crippen molar-refractivity contribution in [3.05, 3.63) is 0 Å². The number of carboxylic acids is 1. The van der Waals surface area contributed by atoms with E-state index in [9.17, 15) is 4.79 Å². The second kappa shape index (κ2) is 2.65. The molecule has 2 radical (unpaired) electrons. The normalized spacial score (nSPS) is 24.0. The van der Waals surface area contributed by atoms with Crippen LogP contribution in [-0.2, 0) is 4.79 Å². The first-order valence-corrected chi connectivity index (χ1v) is 3.67. The van der Waals surface area contributed by atoms with Crippen molar-refractivity contribution in [1.82, 2.24) is 0 Å². The molecule has 0 bridgehead atoms. The van der Waals surface area contributed by atoms with E-state index in [0.29, 0.717) is 12.8 Å². The predicted octanol–water partition coefficient (Wildman–Crippen LogP) is 1.36. The van der Waals surface area contributed by atoms with E-state index in [0.717, 1.165) is 19.3 Å². The van der Waals surface area contributed by atoms with Crippen LogP contribution in [0.15, 0.2) is 0 Å². The lowest BCUT2D eigenvalue weighted by molar-refractivity contribution is -0.141. The van der Waals surface area contributed by atoms with E-state index in [4.69, 9.17) is 13.0 Å². The monoisotopic (exact) mass is 138 g/mol. The minimum atomic E-state index is -0.905. The van der Waals surface area contributed by atoms with Crippen LogP contribution < -0.4 is 0 Å². The zero-order valence-electron chi connectivity index (χ0n) is 5.97. The molecule has 0 atom stereocenters. The molecule has 1 N–H and O–H groups in total. The molecule has 1 saturated carbocycles. The number of carbonyl (C=O) groups is 1. The molecule has 1 fully saturated rings. The van der Waals surface area contributed by atoms with Crippen LogP contribution in [0.3, 0.4) is 0 Å². The van der Waals surface area contributed by atoms with Gasteiger partial charge in [0, 0.05) is 5.31 Å². The largest absolute Gasteiger partial charge is 0.481 e. The summed E-state index contributed by atoms with van der Waals surface area (Å²) in [6, 6.07) is 0. The average molecular weight is 138 g/mol. The minimum absolute atomic E-state index is 0.641. The molecule has 2 nitrogen and oxygen atoms in total. The maximum atomic E-state index is 10.6. The molecule has 0 amide bonds. The van der Waals surface area contributed by atoms with Gasteiger partial charge in [-0.05, 0) is 12.8 Å². The summed E-state index contributed by atoms with van der Waals surface area (Å²) in [4.78, 5) is 10.6. The minimum Gasteiger partial charge on any atom is -0.481 e. The third kappa shape index (κ3) is 1.33. The van der Waals surface area contributed by atoms with Gasteiger partial charge in [0.05, 0.1) is 7.85 Å². The Morgan fingerprint density at radius 2 is 1.80 bits per heavy atom. The van der Waals surface area contributed by atoms with Crippen molar-refractivity contribution in [2.75, 3.05) is 0 Å². The Morgan fingerprint density at radius 3 is 2.10 bits per heavy atom. The Balaban J connectivity index is 2.56. The van der Waals surface area contributed by atoms with Gasteiger partial charge in [-0.25, -0.2) is 0 Å². The van der Waals surface area contributed by atoms with Gasteiger partial charge in [0.15, 0.2) is 0 Å². The number of hydrogen-bond acceptors (Lipinski definition) is 1. The van der Waals surface area contributed by atoms with Crippen molar-refractivity contribution in [3.8, 4) is 0 Å². The van der Waals surface area contributed by atoms with Crippen LogP contribution >= 0.6 is 0 Å². The van der Waals surface area contributed by atoms with Crippen LogP contribution in [0.2, 0.25) is 5.31 Å². The Labute approximate surface area is 62.0 Å². The van der Waals surface area contributed by atoms with Crippen LogP contribution in [0, 0.1) is 0 Å². The fourth-order valence-electron chi connectivity index (χ4n) is 1.40. The second-order valence-corrected chi connectivity index (χ2v) is 3.02. The summed E-state index contributed by atoms with van der Waals surface area (Å²) in [7, 11) is 5.60. The summed E-state index contributed by atoms with van der Waals surface area (Å²) in [5, 5.41) is 7.77. The first kappa shape index (κ1) is 7.64. The van der Waals surface area contributed by atoms with Crippen molar-refractivity contribution >= 4 is 13.8 Å². The van der Waals surface area contributed by atoms with E-state index in [1.807, 2.05) is 0 Å². The fourth-order valence-corrected chi connectivity index (χ4v) is 1.40. The van der Waals surface area contributed by atoms with Crippen molar-refractivity contribution in [1.29, 1.82) is 0 Å². The Kier molecular flexibility index (Phi) is 2.02. The maximum Gasteiger partial charge on any atom is 0.300 e. The van der Waals surface area contributed by atoms with Gasteiger partial charge < -0.3 is 5.11 Å². The highest BCUT2D eigenvalue weighted by molar-refractivity contribution is 6.26. The molecule has 1 aliphatic rings. The van der Waals surface area contributed by atoms with E-state index in [1.165, 1.54) is 0 Å². The maximum absolute atomic E-state index is 10.6. The molecule has 1 aliphatic carbocycles. The molecular formula is C7H11BO2. The summed E-state index contributed by atoms with van der Waals surface area (Å²) in [6.07, 6.45) is 4.34. The van der Waals surface area contributed by atoms with Crippen LogP contribution in [-0.4, -0.2) is 18.9 Å². The van der Waals surface area contributed by atoms with E-state index in [-0.39, 0.29) is 0 Å². The summed E-state index contributed by atoms with van der Waals surface area (Å²) in [5.41, 5.74) is 0. The van der Waals surface area contributed by atoms with E-state index in [1.54, 1.807) is 0 Å². The molecule has 3 heteroatoms. The Bertz CT molecular complexity index is 139. The molecule has 0 aromatic rings. The Morgan fingerprint density at radius 1 is 1.30 bits per heavy atom. The number of aliphatic carboxylic acids is 1. The van der Waals surface area contributed by atoms with Gasteiger partial charge in [-0.2, -0.15) is 0 Å². The molecule has 54 valence electrons. The first-order chi connectivity index (χ1) is 4.65. The van der Waals surface area contributed by atoms with Crippen LogP contribution in [0.4, 0.5) is 0 Å². The standard InChI is InChI=1S/C7H11BO2/c8-7(6(9)10)4-2-1-3-5-7/h1-5H2,(H,9,10). The summed E-state index contributed by atoms with van der Waals surface area (Å²) < 4.78 is 0. The van der Waals surface area contributed by atoms with E-state index < -0.39 is 11.3 Å². The summed E-state index contributed by atoms with van der Waals surface area (Å²) >= 11 is 0. The van der Waals surface area contributed by atoms with Crippen LogP contribution in [0.1, 0.15) is 32.1 Å². The lowest BCUT2D eigenvalue weighted by Crippen LogP contribution is -2.26. The highest BCUT2D eigenvalue weighted by Crippen LogP contribution is 2.39.